The molecule has 28 heavy (non-hydrogen) atoms. The normalized spacial score (nSPS) is 14.0. The average Bonchev–Trinajstić information content (AvgIpc) is 2.74. The molecule has 144 valence electrons. The van der Waals surface area contributed by atoms with Crippen molar-refractivity contribution < 1.29 is 0 Å². The number of aryl methyl sites for hydroxylation is 1. The Morgan fingerprint density at radius 2 is 1.61 bits per heavy atom. The van der Waals surface area contributed by atoms with Crippen LogP contribution in [0.25, 0.3) is 0 Å². The average molecular weight is 374 g/mol. The Morgan fingerprint density at radius 1 is 0.893 bits per heavy atom. The Bertz CT molecular complexity index is 889. The maximum absolute atomic E-state index is 4.51. The van der Waals surface area contributed by atoms with Crippen LogP contribution in [0, 0.1) is 6.92 Å². The Morgan fingerprint density at radius 3 is 2.36 bits per heavy atom. The van der Waals surface area contributed by atoms with Crippen molar-refractivity contribution in [2.24, 2.45) is 0 Å². The second-order valence-corrected chi connectivity index (χ2v) is 7.11. The predicted octanol–water partition coefficient (Wildman–Crippen LogP) is 4.53. The van der Waals surface area contributed by atoms with Crippen LogP contribution in [0.1, 0.15) is 30.7 Å². The molecule has 0 radical (unpaired) electrons. The lowest BCUT2D eigenvalue weighted by atomic mass is 10.1. The first-order valence-electron chi connectivity index (χ1n) is 9.87. The van der Waals surface area contributed by atoms with Crippen LogP contribution in [0.5, 0.6) is 0 Å². The molecule has 0 bridgehead atoms. The number of nitrogens with one attached hydrogen (secondary N) is 2. The Labute approximate surface area is 166 Å². The summed E-state index contributed by atoms with van der Waals surface area (Å²) in [6, 6.07) is 14.5. The molecule has 2 aromatic heterocycles. The van der Waals surface area contributed by atoms with Crippen LogP contribution in [0.15, 0.2) is 54.9 Å². The zero-order chi connectivity index (χ0) is 19.2. The summed E-state index contributed by atoms with van der Waals surface area (Å²) in [5.41, 5.74) is 3.48. The van der Waals surface area contributed by atoms with Gasteiger partial charge in [-0.3, -0.25) is 4.98 Å². The molecule has 0 atom stereocenters. The van der Waals surface area contributed by atoms with Crippen molar-refractivity contribution in [2.75, 3.05) is 28.6 Å². The van der Waals surface area contributed by atoms with Crippen LogP contribution in [0.4, 0.5) is 23.0 Å². The van der Waals surface area contributed by atoms with Crippen molar-refractivity contribution >= 4 is 23.0 Å². The lowest BCUT2D eigenvalue weighted by Gasteiger charge is -2.28. The summed E-state index contributed by atoms with van der Waals surface area (Å²) in [7, 11) is 0. The van der Waals surface area contributed by atoms with Crippen LogP contribution in [-0.2, 0) is 6.54 Å². The molecule has 6 nitrogen and oxygen atoms in total. The Kier molecular flexibility index (Phi) is 5.66. The molecule has 0 spiro atoms. The molecule has 1 aliphatic rings. The fourth-order valence-electron chi connectivity index (χ4n) is 3.47. The van der Waals surface area contributed by atoms with Gasteiger partial charge in [-0.05, 0) is 68.1 Å². The van der Waals surface area contributed by atoms with Gasteiger partial charge in [0.15, 0.2) is 0 Å². The smallest absolute Gasteiger partial charge is 0.136 e. The van der Waals surface area contributed by atoms with Crippen molar-refractivity contribution in [3.8, 4) is 0 Å². The first-order chi connectivity index (χ1) is 13.8. The molecule has 0 unspecified atom stereocenters. The summed E-state index contributed by atoms with van der Waals surface area (Å²) in [5, 5.41) is 6.75. The molecule has 3 heterocycles. The lowest BCUT2D eigenvalue weighted by molar-refractivity contribution is 0.578. The second kappa shape index (κ2) is 8.69. The number of pyridine rings is 1. The standard InChI is InChI=1S/C22H26N6/c1-17-25-21(24-16-18-9-11-23-12-10-18)15-22(26-17)27-19-5-7-20(8-6-19)28-13-3-2-4-14-28/h5-12,15H,2-4,13-14,16H2,1H3,(H2,24,25,26,27). The number of rotatable bonds is 6. The summed E-state index contributed by atoms with van der Waals surface area (Å²) < 4.78 is 0. The van der Waals surface area contributed by atoms with Crippen molar-refractivity contribution in [1.82, 2.24) is 15.0 Å². The molecule has 1 aromatic carbocycles. The van der Waals surface area contributed by atoms with Gasteiger partial charge in [0.2, 0.25) is 0 Å². The third-order valence-corrected chi connectivity index (χ3v) is 4.92. The molecule has 0 aliphatic carbocycles. The van der Waals surface area contributed by atoms with Crippen LogP contribution < -0.4 is 15.5 Å². The summed E-state index contributed by atoms with van der Waals surface area (Å²) in [4.78, 5) is 15.5. The zero-order valence-corrected chi connectivity index (χ0v) is 16.2. The van der Waals surface area contributed by atoms with E-state index in [2.05, 4.69) is 54.8 Å². The van der Waals surface area contributed by atoms with Crippen LogP contribution in [-0.4, -0.2) is 28.0 Å². The molecule has 4 rings (SSSR count). The summed E-state index contributed by atoms with van der Waals surface area (Å²) in [6.07, 6.45) is 7.51. The number of piperidine rings is 1. The number of aromatic nitrogens is 3. The zero-order valence-electron chi connectivity index (χ0n) is 16.2. The highest BCUT2D eigenvalue weighted by atomic mass is 15.1. The molecule has 1 fully saturated rings. The van der Waals surface area contributed by atoms with E-state index in [0.717, 1.165) is 41.8 Å². The van der Waals surface area contributed by atoms with E-state index in [0.29, 0.717) is 6.54 Å². The molecule has 0 amide bonds. The third kappa shape index (κ3) is 4.76. The predicted molar refractivity (Wildman–Crippen MR) is 114 cm³/mol. The maximum Gasteiger partial charge on any atom is 0.136 e. The summed E-state index contributed by atoms with van der Waals surface area (Å²) >= 11 is 0. The quantitative estimate of drug-likeness (QED) is 0.661. The van der Waals surface area contributed by atoms with E-state index >= 15 is 0 Å². The minimum atomic E-state index is 0.697. The monoisotopic (exact) mass is 374 g/mol. The van der Waals surface area contributed by atoms with Crippen molar-refractivity contribution in [3.63, 3.8) is 0 Å². The molecular formula is C22H26N6. The fraction of sp³-hybridized carbons (Fsp3) is 0.318. The number of hydrogen-bond acceptors (Lipinski definition) is 6. The van der Waals surface area contributed by atoms with Gasteiger partial charge in [-0.2, -0.15) is 0 Å². The number of anilines is 4. The van der Waals surface area contributed by atoms with E-state index in [1.165, 1.54) is 24.9 Å². The SMILES string of the molecule is Cc1nc(NCc2ccncc2)cc(Nc2ccc(N3CCCCC3)cc2)n1. The third-order valence-electron chi connectivity index (χ3n) is 4.92. The van der Waals surface area contributed by atoms with Crippen molar-refractivity contribution in [2.45, 2.75) is 32.7 Å². The topological polar surface area (TPSA) is 66.0 Å². The van der Waals surface area contributed by atoms with Gasteiger partial charge in [0.25, 0.3) is 0 Å². The minimum Gasteiger partial charge on any atom is -0.372 e. The first kappa shape index (κ1) is 18.2. The van der Waals surface area contributed by atoms with Crippen LogP contribution in [0.2, 0.25) is 0 Å². The Hall–Kier alpha value is -3.15. The fourth-order valence-corrected chi connectivity index (χ4v) is 3.47. The molecular weight excluding hydrogens is 348 g/mol. The molecule has 2 N–H and O–H groups in total. The van der Waals surface area contributed by atoms with Gasteiger partial charge in [0, 0.05) is 49.5 Å². The van der Waals surface area contributed by atoms with Gasteiger partial charge in [0.05, 0.1) is 0 Å². The van der Waals surface area contributed by atoms with Crippen LogP contribution >= 0.6 is 0 Å². The van der Waals surface area contributed by atoms with Crippen molar-refractivity contribution in [1.29, 1.82) is 0 Å². The molecule has 1 saturated heterocycles. The van der Waals surface area contributed by atoms with E-state index in [-0.39, 0.29) is 0 Å². The van der Waals surface area contributed by atoms with Gasteiger partial charge < -0.3 is 15.5 Å². The van der Waals surface area contributed by atoms with E-state index in [4.69, 9.17) is 0 Å². The minimum absolute atomic E-state index is 0.697. The van der Waals surface area contributed by atoms with Gasteiger partial charge in [0.1, 0.15) is 17.5 Å². The second-order valence-electron chi connectivity index (χ2n) is 7.11. The molecule has 3 aromatic rings. The Balaban J connectivity index is 1.41. The van der Waals surface area contributed by atoms with E-state index in [9.17, 15) is 0 Å². The van der Waals surface area contributed by atoms with Crippen LogP contribution in [0.3, 0.4) is 0 Å². The number of hydrogen-bond donors (Lipinski definition) is 2. The maximum atomic E-state index is 4.51. The first-order valence-corrected chi connectivity index (χ1v) is 9.87. The highest BCUT2D eigenvalue weighted by Crippen LogP contribution is 2.24. The lowest BCUT2D eigenvalue weighted by Crippen LogP contribution is -2.29. The van der Waals surface area contributed by atoms with Gasteiger partial charge in [-0.1, -0.05) is 0 Å². The highest BCUT2D eigenvalue weighted by Gasteiger charge is 2.10. The highest BCUT2D eigenvalue weighted by molar-refractivity contribution is 5.62. The van der Waals surface area contributed by atoms with E-state index in [1.807, 2.05) is 25.1 Å². The molecule has 6 heteroatoms. The molecule has 1 aliphatic heterocycles. The summed E-state index contributed by atoms with van der Waals surface area (Å²) in [5.74, 6) is 2.32. The number of benzene rings is 1. The van der Waals surface area contributed by atoms with Crippen molar-refractivity contribution in [3.05, 3.63) is 66.2 Å². The van der Waals surface area contributed by atoms with Gasteiger partial charge in [-0.15, -0.1) is 0 Å². The largest absolute Gasteiger partial charge is 0.372 e. The number of nitrogens with zero attached hydrogens (tertiary/aromatic N) is 4. The summed E-state index contributed by atoms with van der Waals surface area (Å²) in [6.45, 7) is 4.92. The van der Waals surface area contributed by atoms with E-state index < -0.39 is 0 Å². The molecule has 0 saturated carbocycles. The van der Waals surface area contributed by atoms with Gasteiger partial charge in [-0.25, -0.2) is 9.97 Å². The van der Waals surface area contributed by atoms with E-state index in [1.54, 1.807) is 12.4 Å². The van der Waals surface area contributed by atoms with Gasteiger partial charge >= 0.3 is 0 Å².